The molecule has 0 bridgehead atoms. The lowest BCUT2D eigenvalue weighted by atomic mass is 10.1. The average Bonchev–Trinajstić information content (AvgIpc) is 2.16. The number of rotatable bonds is 2. The van der Waals surface area contributed by atoms with Gasteiger partial charge in [-0.1, -0.05) is 15.9 Å². The first kappa shape index (κ1) is 11.1. The zero-order valence-electron chi connectivity index (χ0n) is 7.39. The molecule has 1 rings (SSSR count). The molecule has 5 heteroatoms. The molecule has 0 amide bonds. The number of alkyl halides is 3. The Hall–Kier alpha value is -1.02. The Labute approximate surface area is 88.7 Å². The Bertz CT molecular complexity index is 384. The van der Waals surface area contributed by atoms with E-state index in [1.54, 1.807) is 0 Å². The van der Waals surface area contributed by atoms with E-state index in [0.717, 1.165) is 0 Å². The topological polar surface area (TPSA) is 36.7 Å². The summed E-state index contributed by atoms with van der Waals surface area (Å²) in [4.78, 5) is 3.81. The molecule has 1 aromatic rings. The highest BCUT2D eigenvalue weighted by Gasteiger charge is 2.15. The molecule has 1 heterocycles. The van der Waals surface area contributed by atoms with Gasteiger partial charge in [0.25, 0.3) is 6.43 Å². The number of pyridine rings is 1. The number of nitrogens with zero attached hydrogens (tertiary/aromatic N) is 2. The van der Waals surface area contributed by atoms with Crippen LogP contribution < -0.4 is 0 Å². The van der Waals surface area contributed by atoms with Crippen LogP contribution in [0.4, 0.5) is 8.78 Å². The summed E-state index contributed by atoms with van der Waals surface area (Å²) in [6, 6.07) is 3.19. The zero-order valence-corrected chi connectivity index (χ0v) is 8.98. The third kappa shape index (κ3) is 2.07. The van der Waals surface area contributed by atoms with Gasteiger partial charge in [-0.25, -0.2) is 13.8 Å². The van der Waals surface area contributed by atoms with Crippen LogP contribution >= 0.6 is 15.9 Å². The minimum absolute atomic E-state index is 0.113. The maximum atomic E-state index is 12.4. The van der Waals surface area contributed by atoms with Crippen LogP contribution in [0.25, 0.3) is 0 Å². The quantitative estimate of drug-likeness (QED) is 0.767. The van der Waals surface area contributed by atoms with E-state index in [1.807, 2.05) is 6.07 Å². The molecule has 0 spiro atoms. The van der Waals surface area contributed by atoms with Crippen molar-refractivity contribution in [3.63, 3.8) is 0 Å². The summed E-state index contributed by atoms with van der Waals surface area (Å²) in [5.74, 6) is 0. The molecule has 0 aromatic carbocycles. The molecule has 0 N–H and O–H groups in total. The summed E-state index contributed by atoms with van der Waals surface area (Å²) >= 11 is 3.12. The molecule has 0 radical (unpaired) electrons. The van der Waals surface area contributed by atoms with E-state index < -0.39 is 6.43 Å². The summed E-state index contributed by atoms with van der Waals surface area (Å²) in [5.41, 5.74) is 0.789. The normalized spacial score (nSPS) is 10.3. The van der Waals surface area contributed by atoms with Gasteiger partial charge >= 0.3 is 0 Å². The maximum absolute atomic E-state index is 12.4. The summed E-state index contributed by atoms with van der Waals surface area (Å²) in [5, 5.41) is 9.03. The van der Waals surface area contributed by atoms with Crippen molar-refractivity contribution in [2.24, 2.45) is 0 Å². The smallest absolute Gasteiger partial charge is 0.242 e. The fourth-order valence-electron chi connectivity index (χ4n) is 1.08. The van der Waals surface area contributed by atoms with Gasteiger partial charge in [-0.15, -0.1) is 0 Å². The molecular weight excluding hydrogens is 254 g/mol. The first-order chi connectivity index (χ1) is 6.60. The Morgan fingerprint density at radius 2 is 2.29 bits per heavy atom. The predicted molar refractivity (Wildman–Crippen MR) is 51.3 cm³/mol. The molecule has 0 unspecified atom stereocenters. The number of nitriles is 1. The van der Waals surface area contributed by atoms with E-state index in [4.69, 9.17) is 5.26 Å². The van der Waals surface area contributed by atoms with Crippen LogP contribution in [0.1, 0.15) is 28.9 Å². The van der Waals surface area contributed by atoms with Gasteiger partial charge in [0.15, 0.2) is 0 Å². The second-order valence-electron chi connectivity index (χ2n) is 2.72. The van der Waals surface area contributed by atoms with Gasteiger partial charge in [-0.3, -0.25) is 0 Å². The predicted octanol–water partition coefficient (Wildman–Crippen LogP) is 3.09. The van der Waals surface area contributed by atoms with E-state index in [0.29, 0.717) is 10.9 Å². The van der Waals surface area contributed by atoms with Crippen molar-refractivity contribution in [3.8, 4) is 6.07 Å². The number of hydrogen-bond donors (Lipinski definition) is 0. The lowest BCUT2D eigenvalue weighted by Gasteiger charge is -2.07. The van der Waals surface area contributed by atoms with Crippen LogP contribution in [-0.4, -0.2) is 4.98 Å². The summed E-state index contributed by atoms with van der Waals surface area (Å²) in [7, 11) is 0. The van der Waals surface area contributed by atoms with E-state index in [-0.39, 0.29) is 17.0 Å². The van der Waals surface area contributed by atoms with Crippen molar-refractivity contribution in [2.75, 3.05) is 0 Å². The maximum Gasteiger partial charge on any atom is 0.265 e. The van der Waals surface area contributed by atoms with Crippen LogP contribution in [0, 0.1) is 18.3 Å². The second kappa shape index (κ2) is 4.47. The van der Waals surface area contributed by atoms with Crippen LogP contribution in [0.2, 0.25) is 0 Å². The zero-order chi connectivity index (χ0) is 10.7. The lowest BCUT2D eigenvalue weighted by Crippen LogP contribution is -2.00. The molecule has 2 nitrogen and oxygen atoms in total. The molecular formula is C9H7BrF2N2. The van der Waals surface area contributed by atoms with E-state index in [2.05, 4.69) is 20.9 Å². The Balaban J connectivity index is 3.32. The standard InChI is InChI=1S/C9H7BrF2N2/c1-5-7(9(11)12)2-6(3-10)8(4-13)14-5/h2,9H,3H2,1H3. The highest BCUT2D eigenvalue weighted by molar-refractivity contribution is 9.08. The van der Waals surface area contributed by atoms with Crippen molar-refractivity contribution in [1.82, 2.24) is 4.98 Å². The molecule has 0 aliphatic rings. The first-order valence-corrected chi connectivity index (χ1v) is 4.97. The molecule has 0 aliphatic heterocycles. The van der Waals surface area contributed by atoms with Crippen LogP contribution in [-0.2, 0) is 5.33 Å². The second-order valence-corrected chi connectivity index (χ2v) is 3.28. The Morgan fingerprint density at radius 1 is 1.64 bits per heavy atom. The molecule has 1 aromatic heterocycles. The monoisotopic (exact) mass is 260 g/mol. The summed E-state index contributed by atoms with van der Waals surface area (Å²) in [6.45, 7) is 1.47. The van der Waals surface area contributed by atoms with Crippen LogP contribution in [0.15, 0.2) is 6.07 Å². The molecule has 0 atom stereocenters. The summed E-state index contributed by atoms with van der Waals surface area (Å²) in [6.07, 6.45) is -2.55. The summed E-state index contributed by atoms with van der Waals surface area (Å²) < 4.78 is 24.9. The number of hydrogen-bond acceptors (Lipinski definition) is 2. The Morgan fingerprint density at radius 3 is 2.71 bits per heavy atom. The SMILES string of the molecule is Cc1nc(C#N)c(CBr)cc1C(F)F. The number of halogens is 3. The van der Waals surface area contributed by atoms with Gasteiger partial charge in [0.1, 0.15) is 11.8 Å². The van der Waals surface area contributed by atoms with Gasteiger partial charge in [-0.2, -0.15) is 5.26 Å². The highest BCUT2D eigenvalue weighted by Crippen LogP contribution is 2.24. The van der Waals surface area contributed by atoms with Crippen molar-refractivity contribution >= 4 is 15.9 Å². The fraction of sp³-hybridized carbons (Fsp3) is 0.333. The molecule has 74 valence electrons. The largest absolute Gasteiger partial charge is 0.265 e. The average molecular weight is 261 g/mol. The van der Waals surface area contributed by atoms with Gasteiger partial charge in [-0.05, 0) is 18.6 Å². The van der Waals surface area contributed by atoms with Crippen molar-refractivity contribution in [3.05, 3.63) is 28.6 Å². The van der Waals surface area contributed by atoms with E-state index in [9.17, 15) is 8.78 Å². The van der Waals surface area contributed by atoms with Crippen molar-refractivity contribution < 1.29 is 8.78 Å². The molecule has 0 aliphatic carbocycles. The first-order valence-electron chi connectivity index (χ1n) is 3.84. The third-order valence-electron chi connectivity index (χ3n) is 1.82. The van der Waals surface area contributed by atoms with E-state index >= 15 is 0 Å². The van der Waals surface area contributed by atoms with Crippen molar-refractivity contribution in [1.29, 1.82) is 5.26 Å². The van der Waals surface area contributed by atoms with Crippen LogP contribution in [0.3, 0.4) is 0 Å². The van der Waals surface area contributed by atoms with E-state index in [1.165, 1.54) is 13.0 Å². The highest BCUT2D eigenvalue weighted by atomic mass is 79.9. The van der Waals surface area contributed by atoms with Crippen molar-refractivity contribution in [2.45, 2.75) is 18.7 Å². The molecule has 0 saturated carbocycles. The van der Waals surface area contributed by atoms with Gasteiger partial charge < -0.3 is 0 Å². The number of aryl methyl sites for hydroxylation is 1. The third-order valence-corrected chi connectivity index (χ3v) is 2.42. The molecule has 0 saturated heterocycles. The Kier molecular flexibility index (Phi) is 3.53. The van der Waals surface area contributed by atoms with Gasteiger partial charge in [0.05, 0.1) is 0 Å². The lowest BCUT2D eigenvalue weighted by molar-refractivity contribution is 0.150. The minimum Gasteiger partial charge on any atom is -0.242 e. The minimum atomic E-state index is -2.55. The number of aromatic nitrogens is 1. The molecule has 14 heavy (non-hydrogen) atoms. The van der Waals surface area contributed by atoms with Gasteiger partial charge in [0.2, 0.25) is 0 Å². The fourth-order valence-corrected chi connectivity index (χ4v) is 1.51. The van der Waals surface area contributed by atoms with Gasteiger partial charge in [0, 0.05) is 16.6 Å². The van der Waals surface area contributed by atoms with Crippen LogP contribution in [0.5, 0.6) is 0 Å². The molecule has 0 fully saturated rings.